The Labute approximate surface area is 133 Å². The third kappa shape index (κ3) is 4.37. The minimum absolute atomic E-state index is 0.000517. The topological polar surface area (TPSA) is 41.6 Å². The third-order valence-electron chi connectivity index (χ3n) is 3.79. The van der Waals surface area contributed by atoms with E-state index in [9.17, 15) is 18.0 Å². The van der Waals surface area contributed by atoms with Gasteiger partial charge in [-0.05, 0) is 32.4 Å². The number of para-hydroxylation sites is 1. The Hall–Kier alpha value is -1.76. The van der Waals surface area contributed by atoms with Crippen LogP contribution in [-0.2, 0) is 11.0 Å². The Bertz CT molecular complexity index is 559. The fourth-order valence-corrected chi connectivity index (χ4v) is 2.55. The average Bonchev–Trinajstić information content (AvgIpc) is 2.47. The second-order valence-corrected chi connectivity index (χ2v) is 6.04. The van der Waals surface area contributed by atoms with E-state index in [0.29, 0.717) is 26.1 Å². The fourth-order valence-electron chi connectivity index (χ4n) is 2.55. The first-order valence-electron chi connectivity index (χ1n) is 7.55. The molecule has 0 aromatic heterocycles. The number of carbonyl (C=O) groups excluding carboxylic acids is 1. The van der Waals surface area contributed by atoms with Gasteiger partial charge < -0.3 is 15.0 Å². The van der Waals surface area contributed by atoms with E-state index in [1.807, 2.05) is 13.8 Å². The number of nitrogens with zero attached hydrogens (tertiary/aromatic N) is 1. The van der Waals surface area contributed by atoms with Crippen LogP contribution in [0.3, 0.4) is 0 Å². The number of amides is 1. The lowest BCUT2D eigenvalue weighted by Crippen LogP contribution is -2.61. The highest BCUT2D eigenvalue weighted by molar-refractivity contribution is 5.86. The zero-order chi connectivity index (χ0) is 17.1. The first-order valence-corrected chi connectivity index (χ1v) is 7.55. The van der Waals surface area contributed by atoms with E-state index < -0.39 is 17.3 Å². The van der Waals surface area contributed by atoms with Crippen molar-refractivity contribution < 1.29 is 22.7 Å². The molecule has 4 nitrogen and oxygen atoms in total. The summed E-state index contributed by atoms with van der Waals surface area (Å²) in [5, 5.41) is 3.13. The molecule has 1 N–H and O–H groups in total. The zero-order valence-corrected chi connectivity index (χ0v) is 13.2. The minimum Gasteiger partial charge on any atom is -0.493 e. The van der Waals surface area contributed by atoms with E-state index in [4.69, 9.17) is 4.74 Å². The molecule has 0 atom stereocenters. The average molecular weight is 330 g/mol. The highest BCUT2D eigenvalue weighted by atomic mass is 19.4. The number of piperazine rings is 1. The van der Waals surface area contributed by atoms with Crippen LogP contribution in [0.1, 0.15) is 25.8 Å². The molecule has 0 bridgehead atoms. The van der Waals surface area contributed by atoms with E-state index in [2.05, 4.69) is 5.32 Å². The van der Waals surface area contributed by atoms with Crippen molar-refractivity contribution >= 4 is 5.91 Å². The maximum absolute atomic E-state index is 12.8. The van der Waals surface area contributed by atoms with E-state index in [1.54, 1.807) is 4.90 Å². The molecule has 0 aliphatic carbocycles. The fraction of sp³-hybridized carbons (Fsp3) is 0.562. The number of hydrogen-bond donors (Lipinski definition) is 1. The van der Waals surface area contributed by atoms with E-state index >= 15 is 0 Å². The van der Waals surface area contributed by atoms with Gasteiger partial charge in [-0.15, -0.1) is 0 Å². The van der Waals surface area contributed by atoms with Gasteiger partial charge in [-0.3, -0.25) is 4.79 Å². The molecule has 128 valence electrons. The largest absolute Gasteiger partial charge is 0.493 e. The Balaban J connectivity index is 1.86. The Kier molecular flexibility index (Phi) is 5.19. The van der Waals surface area contributed by atoms with Crippen molar-refractivity contribution in [2.24, 2.45) is 0 Å². The summed E-state index contributed by atoms with van der Waals surface area (Å²) in [6.45, 7) is 5.54. The molecule has 1 aromatic carbocycles. The molecule has 1 fully saturated rings. The van der Waals surface area contributed by atoms with E-state index in [-0.39, 0.29) is 18.3 Å². The molecule has 1 aliphatic rings. The second-order valence-electron chi connectivity index (χ2n) is 6.04. The molecule has 0 radical (unpaired) electrons. The molecule has 0 spiro atoms. The Morgan fingerprint density at radius 1 is 1.30 bits per heavy atom. The predicted molar refractivity (Wildman–Crippen MR) is 80.2 cm³/mol. The van der Waals surface area contributed by atoms with Crippen molar-refractivity contribution in [1.29, 1.82) is 0 Å². The summed E-state index contributed by atoms with van der Waals surface area (Å²) in [7, 11) is 0. The molecule has 7 heteroatoms. The lowest BCUT2D eigenvalue weighted by atomic mass is 10.0. The van der Waals surface area contributed by atoms with Gasteiger partial charge in [0.2, 0.25) is 5.91 Å². The molecule has 1 saturated heterocycles. The van der Waals surface area contributed by atoms with Gasteiger partial charge >= 0.3 is 6.18 Å². The summed E-state index contributed by atoms with van der Waals surface area (Å²) in [5.74, 6) is -0.175. The van der Waals surface area contributed by atoms with Gasteiger partial charge in [-0.2, -0.15) is 13.2 Å². The molecule has 1 amide bonds. The second kappa shape index (κ2) is 6.78. The van der Waals surface area contributed by atoms with E-state index in [0.717, 1.165) is 6.07 Å². The van der Waals surface area contributed by atoms with Crippen LogP contribution >= 0.6 is 0 Å². The molecule has 1 aliphatic heterocycles. The highest BCUT2D eigenvalue weighted by Crippen LogP contribution is 2.35. The van der Waals surface area contributed by atoms with Crippen LogP contribution in [0.25, 0.3) is 0 Å². The van der Waals surface area contributed by atoms with Crippen molar-refractivity contribution in [2.75, 3.05) is 26.2 Å². The van der Waals surface area contributed by atoms with Gasteiger partial charge in [0.1, 0.15) is 5.75 Å². The van der Waals surface area contributed by atoms with Gasteiger partial charge in [0.05, 0.1) is 17.7 Å². The highest BCUT2D eigenvalue weighted by Gasteiger charge is 2.35. The van der Waals surface area contributed by atoms with Gasteiger partial charge in [-0.25, -0.2) is 0 Å². The lowest BCUT2D eigenvalue weighted by molar-refractivity contribution is -0.139. The van der Waals surface area contributed by atoms with Crippen LogP contribution in [0.2, 0.25) is 0 Å². The summed E-state index contributed by atoms with van der Waals surface area (Å²) in [5.41, 5.74) is -1.37. The van der Waals surface area contributed by atoms with Crippen molar-refractivity contribution in [1.82, 2.24) is 10.2 Å². The molecule has 0 unspecified atom stereocenters. The Morgan fingerprint density at radius 3 is 2.70 bits per heavy atom. The molecule has 1 heterocycles. The quantitative estimate of drug-likeness (QED) is 0.844. The van der Waals surface area contributed by atoms with Gasteiger partial charge in [0, 0.05) is 19.6 Å². The summed E-state index contributed by atoms with van der Waals surface area (Å²) in [6, 6.07) is 5.14. The lowest BCUT2D eigenvalue weighted by Gasteiger charge is -2.38. The van der Waals surface area contributed by atoms with Gasteiger partial charge in [-0.1, -0.05) is 12.1 Å². The monoisotopic (exact) mass is 330 g/mol. The normalized spacial score (nSPS) is 18.1. The van der Waals surface area contributed by atoms with Crippen molar-refractivity contribution in [3.05, 3.63) is 29.8 Å². The molecule has 2 rings (SSSR count). The standard InChI is InChI=1S/C16H21F3N2O2/c1-15(2)14(22)21(10-8-20-15)9-5-11-23-13-7-4-3-6-12(13)16(17,18)19/h3-4,6-7,20H,5,8-11H2,1-2H3. The number of halogens is 3. The molecule has 0 saturated carbocycles. The van der Waals surface area contributed by atoms with Crippen LogP contribution in [0.5, 0.6) is 5.75 Å². The molecule has 23 heavy (non-hydrogen) atoms. The summed E-state index contributed by atoms with van der Waals surface area (Å²) in [4.78, 5) is 13.9. The van der Waals surface area contributed by atoms with Gasteiger partial charge in [0.25, 0.3) is 0 Å². The maximum atomic E-state index is 12.8. The number of hydrogen-bond acceptors (Lipinski definition) is 3. The Morgan fingerprint density at radius 2 is 2.00 bits per heavy atom. The van der Waals surface area contributed by atoms with Crippen LogP contribution in [0.15, 0.2) is 24.3 Å². The first-order chi connectivity index (χ1) is 10.7. The van der Waals surface area contributed by atoms with Crippen LogP contribution in [0, 0.1) is 0 Å². The minimum atomic E-state index is -4.44. The molecule has 1 aromatic rings. The van der Waals surface area contributed by atoms with Gasteiger partial charge in [0.15, 0.2) is 0 Å². The number of nitrogens with one attached hydrogen (secondary N) is 1. The summed E-state index contributed by atoms with van der Waals surface area (Å²) < 4.78 is 43.8. The summed E-state index contributed by atoms with van der Waals surface area (Å²) in [6.07, 6.45) is -3.96. The maximum Gasteiger partial charge on any atom is 0.419 e. The summed E-state index contributed by atoms with van der Waals surface area (Å²) >= 11 is 0. The first kappa shape index (κ1) is 17.6. The van der Waals surface area contributed by atoms with Crippen LogP contribution < -0.4 is 10.1 Å². The van der Waals surface area contributed by atoms with Crippen LogP contribution in [0.4, 0.5) is 13.2 Å². The zero-order valence-electron chi connectivity index (χ0n) is 13.2. The smallest absolute Gasteiger partial charge is 0.419 e. The van der Waals surface area contributed by atoms with E-state index in [1.165, 1.54) is 18.2 Å². The number of ether oxygens (including phenoxy) is 1. The SMILES string of the molecule is CC1(C)NCCN(CCCOc2ccccc2C(F)(F)F)C1=O. The number of alkyl halides is 3. The molecular formula is C16H21F3N2O2. The molecular weight excluding hydrogens is 309 g/mol. The van der Waals surface area contributed by atoms with Crippen LogP contribution in [-0.4, -0.2) is 42.6 Å². The predicted octanol–water partition coefficient (Wildman–Crippen LogP) is 2.68. The van der Waals surface area contributed by atoms with Crippen molar-refractivity contribution in [2.45, 2.75) is 32.0 Å². The number of carbonyl (C=O) groups is 1. The third-order valence-corrected chi connectivity index (χ3v) is 3.79. The van der Waals surface area contributed by atoms with Crippen molar-refractivity contribution in [3.63, 3.8) is 0 Å². The number of rotatable bonds is 5. The van der Waals surface area contributed by atoms with Crippen molar-refractivity contribution in [3.8, 4) is 5.75 Å². The number of benzene rings is 1.